The van der Waals surface area contributed by atoms with E-state index in [0.29, 0.717) is 0 Å². The van der Waals surface area contributed by atoms with Gasteiger partial charge in [0.25, 0.3) is 0 Å². The van der Waals surface area contributed by atoms with E-state index in [1.807, 2.05) is 0 Å². The highest BCUT2D eigenvalue weighted by Crippen LogP contribution is 2.20. The zero-order chi connectivity index (χ0) is 13.9. The summed E-state index contributed by atoms with van der Waals surface area (Å²) < 4.78 is 24.6. The maximum absolute atomic E-state index is 11.5. The molecule has 2 aliphatic rings. The van der Waals surface area contributed by atoms with E-state index in [2.05, 4.69) is 10.2 Å². The Labute approximate surface area is 117 Å². The van der Waals surface area contributed by atoms with Gasteiger partial charge in [-0.2, -0.15) is 0 Å². The van der Waals surface area contributed by atoms with Crippen LogP contribution in [0.5, 0.6) is 0 Å². The van der Waals surface area contributed by atoms with Crippen LogP contribution in [0.25, 0.3) is 0 Å². The summed E-state index contributed by atoms with van der Waals surface area (Å²) in [5, 5.41) is 3.40. The lowest BCUT2D eigenvalue weighted by Gasteiger charge is -2.37. The highest BCUT2D eigenvalue weighted by molar-refractivity contribution is 7.88. The number of piperidine rings is 2. The number of nitrogens with one attached hydrogen (secondary N) is 1. The van der Waals surface area contributed by atoms with Crippen LogP contribution in [-0.4, -0.2) is 69.7 Å². The summed E-state index contributed by atoms with van der Waals surface area (Å²) in [6.45, 7) is 5.57. The fourth-order valence-electron chi connectivity index (χ4n) is 3.17. The number of hydrogen-bond acceptors (Lipinski definition) is 4. The van der Waals surface area contributed by atoms with Crippen LogP contribution in [0.4, 0.5) is 0 Å². The lowest BCUT2D eigenvalue weighted by Crippen LogP contribution is -2.47. The van der Waals surface area contributed by atoms with Gasteiger partial charge in [-0.05, 0) is 57.8 Å². The average Bonchev–Trinajstić information content (AvgIpc) is 2.39. The number of hydrogen-bond donors (Lipinski definition) is 1. The lowest BCUT2D eigenvalue weighted by molar-refractivity contribution is 0.140. The predicted octanol–water partition coefficient (Wildman–Crippen LogP) is 0.342. The smallest absolute Gasteiger partial charge is 0.211 e. The van der Waals surface area contributed by atoms with Crippen molar-refractivity contribution in [3.8, 4) is 0 Å². The Kier molecular flexibility index (Phi) is 5.22. The van der Waals surface area contributed by atoms with Crippen LogP contribution in [0.3, 0.4) is 0 Å². The first-order chi connectivity index (χ1) is 8.97. The van der Waals surface area contributed by atoms with Crippen LogP contribution in [0.2, 0.25) is 0 Å². The van der Waals surface area contributed by atoms with Gasteiger partial charge in [-0.3, -0.25) is 0 Å². The average molecular weight is 289 g/mol. The second kappa shape index (κ2) is 6.52. The molecule has 0 amide bonds. The van der Waals surface area contributed by atoms with Gasteiger partial charge in [-0.15, -0.1) is 0 Å². The van der Waals surface area contributed by atoms with Crippen LogP contribution in [0, 0.1) is 5.92 Å². The highest BCUT2D eigenvalue weighted by atomic mass is 32.2. The third kappa shape index (κ3) is 4.41. The molecule has 0 unspecified atom stereocenters. The number of sulfonamides is 1. The number of nitrogens with zero attached hydrogens (tertiary/aromatic N) is 2. The minimum atomic E-state index is -3.04. The Morgan fingerprint density at radius 1 is 1.16 bits per heavy atom. The zero-order valence-corrected chi connectivity index (χ0v) is 13.0. The minimum absolute atomic E-state index is 0.194. The van der Waals surface area contributed by atoms with Crippen molar-refractivity contribution in [2.45, 2.75) is 31.7 Å². The van der Waals surface area contributed by atoms with Gasteiger partial charge in [0.1, 0.15) is 0 Å². The second-order valence-corrected chi connectivity index (χ2v) is 8.05. The zero-order valence-electron chi connectivity index (χ0n) is 12.1. The molecule has 19 heavy (non-hydrogen) atoms. The van der Waals surface area contributed by atoms with E-state index in [1.165, 1.54) is 25.6 Å². The van der Waals surface area contributed by atoms with Crippen molar-refractivity contribution >= 4 is 10.0 Å². The van der Waals surface area contributed by atoms with Crippen LogP contribution < -0.4 is 5.32 Å². The summed E-state index contributed by atoms with van der Waals surface area (Å²) in [5.41, 5.74) is 0. The standard InChI is InChI=1S/C13H27N3O2S/c1-15(19(2,17)18)13-5-9-16(10-6-13)11-12-3-7-14-8-4-12/h12-14H,3-11H2,1-2H3. The van der Waals surface area contributed by atoms with E-state index in [0.717, 1.165) is 44.9 Å². The maximum Gasteiger partial charge on any atom is 0.211 e. The summed E-state index contributed by atoms with van der Waals surface area (Å²) in [5.74, 6) is 0.824. The summed E-state index contributed by atoms with van der Waals surface area (Å²) >= 11 is 0. The Bertz CT molecular complexity index is 371. The molecule has 0 aromatic heterocycles. The molecule has 0 aromatic carbocycles. The first-order valence-corrected chi connectivity index (χ1v) is 9.17. The molecule has 0 bridgehead atoms. The van der Waals surface area contributed by atoms with E-state index >= 15 is 0 Å². The molecule has 0 radical (unpaired) electrons. The van der Waals surface area contributed by atoms with Gasteiger partial charge in [0.15, 0.2) is 0 Å². The topological polar surface area (TPSA) is 52.6 Å². The van der Waals surface area contributed by atoms with Crippen LogP contribution in [-0.2, 0) is 10.0 Å². The molecule has 0 atom stereocenters. The molecule has 0 spiro atoms. The van der Waals surface area contributed by atoms with Crippen LogP contribution in [0.15, 0.2) is 0 Å². The number of likely N-dealkylation sites (tertiary alicyclic amines) is 1. The van der Waals surface area contributed by atoms with Crippen molar-refractivity contribution in [3.05, 3.63) is 0 Å². The van der Waals surface area contributed by atoms with Gasteiger partial charge >= 0.3 is 0 Å². The molecule has 2 rings (SSSR count). The normalized spacial score (nSPS) is 25.0. The second-order valence-electron chi connectivity index (χ2n) is 6.00. The van der Waals surface area contributed by atoms with Gasteiger partial charge in [0.2, 0.25) is 10.0 Å². The quantitative estimate of drug-likeness (QED) is 0.811. The fraction of sp³-hybridized carbons (Fsp3) is 1.00. The molecular formula is C13H27N3O2S. The summed E-state index contributed by atoms with van der Waals surface area (Å²) in [6, 6.07) is 0.194. The predicted molar refractivity (Wildman–Crippen MR) is 77.7 cm³/mol. The highest BCUT2D eigenvalue weighted by Gasteiger charge is 2.28. The SMILES string of the molecule is CN(C1CCN(CC2CCNCC2)CC1)S(C)(=O)=O. The molecule has 1 N–H and O–H groups in total. The van der Waals surface area contributed by atoms with Gasteiger partial charge in [-0.25, -0.2) is 12.7 Å². The molecule has 0 aliphatic carbocycles. The van der Waals surface area contributed by atoms with E-state index in [1.54, 1.807) is 11.4 Å². The first-order valence-electron chi connectivity index (χ1n) is 7.33. The van der Waals surface area contributed by atoms with Crippen molar-refractivity contribution in [2.24, 2.45) is 5.92 Å². The van der Waals surface area contributed by atoms with Crippen molar-refractivity contribution in [3.63, 3.8) is 0 Å². The van der Waals surface area contributed by atoms with Crippen molar-refractivity contribution in [2.75, 3.05) is 46.0 Å². The van der Waals surface area contributed by atoms with Gasteiger partial charge in [0, 0.05) is 19.6 Å². The first kappa shape index (κ1) is 15.2. The van der Waals surface area contributed by atoms with E-state index in [-0.39, 0.29) is 6.04 Å². The Morgan fingerprint density at radius 2 is 1.74 bits per heavy atom. The molecular weight excluding hydrogens is 262 g/mol. The summed E-state index contributed by atoms with van der Waals surface area (Å²) in [4.78, 5) is 2.52. The van der Waals surface area contributed by atoms with Crippen molar-refractivity contribution in [1.29, 1.82) is 0 Å². The Hall–Kier alpha value is -0.170. The summed E-state index contributed by atoms with van der Waals surface area (Å²) in [7, 11) is -1.33. The van der Waals surface area contributed by atoms with Gasteiger partial charge < -0.3 is 10.2 Å². The molecule has 5 nitrogen and oxygen atoms in total. The van der Waals surface area contributed by atoms with E-state index < -0.39 is 10.0 Å². The largest absolute Gasteiger partial charge is 0.317 e. The van der Waals surface area contributed by atoms with Gasteiger partial charge in [-0.1, -0.05) is 0 Å². The lowest BCUT2D eigenvalue weighted by atomic mass is 9.96. The van der Waals surface area contributed by atoms with Crippen molar-refractivity contribution < 1.29 is 8.42 Å². The molecule has 0 aromatic rings. The number of rotatable bonds is 4. The molecule has 2 fully saturated rings. The monoisotopic (exact) mass is 289 g/mol. The Morgan fingerprint density at radius 3 is 2.26 bits per heavy atom. The maximum atomic E-state index is 11.5. The molecule has 0 saturated carbocycles. The third-order valence-electron chi connectivity index (χ3n) is 4.57. The third-order valence-corrected chi connectivity index (χ3v) is 5.91. The molecule has 6 heteroatoms. The van der Waals surface area contributed by atoms with E-state index in [4.69, 9.17) is 0 Å². The fourth-order valence-corrected chi connectivity index (χ4v) is 3.92. The minimum Gasteiger partial charge on any atom is -0.317 e. The van der Waals surface area contributed by atoms with E-state index in [9.17, 15) is 8.42 Å². The van der Waals surface area contributed by atoms with Gasteiger partial charge in [0.05, 0.1) is 6.26 Å². The summed E-state index contributed by atoms with van der Waals surface area (Å²) in [6.07, 6.45) is 5.80. The Balaban J connectivity index is 1.76. The van der Waals surface area contributed by atoms with Crippen LogP contribution >= 0.6 is 0 Å². The molecule has 112 valence electrons. The molecule has 2 saturated heterocycles. The van der Waals surface area contributed by atoms with Crippen LogP contribution in [0.1, 0.15) is 25.7 Å². The molecule has 2 aliphatic heterocycles. The van der Waals surface area contributed by atoms with Crippen molar-refractivity contribution in [1.82, 2.24) is 14.5 Å². The molecule has 2 heterocycles.